The van der Waals surface area contributed by atoms with Crippen LogP contribution in [0.4, 0.5) is 0 Å². The van der Waals surface area contributed by atoms with Gasteiger partial charge in [-0.05, 0) is 37.6 Å². The molecule has 2 heterocycles. The van der Waals surface area contributed by atoms with E-state index < -0.39 is 83.5 Å². The van der Waals surface area contributed by atoms with Gasteiger partial charge in [0.05, 0.1) is 13.2 Å². The fraction of sp³-hybridized carbons (Fsp3) is 0.500. The van der Waals surface area contributed by atoms with Crippen LogP contribution in [0.15, 0.2) is 30.3 Å². The maximum atomic E-state index is 13.6. The number of benzene rings is 1. The van der Waals surface area contributed by atoms with E-state index in [1.54, 1.807) is 24.3 Å². The van der Waals surface area contributed by atoms with Gasteiger partial charge in [-0.3, -0.25) is 28.8 Å². The molecule has 0 N–H and O–H groups in total. The minimum atomic E-state index is -2.32. The van der Waals surface area contributed by atoms with Crippen molar-refractivity contribution in [3.63, 3.8) is 0 Å². The van der Waals surface area contributed by atoms with E-state index in [1.165, 1.54) is 24.8 Å². The standard InChI is InChI=1S/C30H34ClNO13S/c1-7-39-28(37)30(29(38)40-8-2)13-21(19-9-11-20(31)12-10-19)32(27(30)46)26-25(44-18(6)36)24(43-17(5)35)23(42-16(4)34)22(45-26)14-41-15(3)33/h9-13,22-26H,7-8,14H2,1-6H3/t22-,23-,24+,25-,26-/m1/s1. The second-order valence-corrected chi connectivity index (χ2v) is 10.9. The molecular formula is C30H34ClNO13S. The van der Waals surface area contributed by atoms with Crippen molar-refractivity contribution in [2.24, 2.45) is 5.41 Å². The minimum Gasteiger partial charge on any atom is -0.465 e. The van der Waals surface area contributed by atoms with Crippen LogP contribution in [0, 0.1) is 5.41 Å². The molecule has 0 aromatic heterocycles. The molecule has 46 heavy (non-hydrogen) atoms. The number of rotatable bonds is 11. The Hall–Kier alpha value is -4.08. The number of carbonyl (C=O) groups is 6. The summed E-state index contributed by atoms with van der Waals surface area (Å²) in [6.45, 7) is 6.70. The first-order chi connectivity index (χ1) is 21.7. The predicted molar refractivity (Wildman–Crippen MR) is 162 cm³/mol. The summed E-state index contributed by atoms with van der Waals surface area (Å²) in [5, 5.41) is 0.366. The third kappa shape index (κ3) is 7.82. The Kier molecular flexibility index (Phi) is 12.2. The van der Waals surface area contributed by atoms with Crippen LogP contribution in [0.5, 0.6) is 0 Å². The van der Waals surface area contributed by atoms with E-state index in [2.05, 4.69) is 0 Å². The second-order valence-electron chi connectivity index (χ2n) is 10.1. The molecule has 250 valence electrons. The van der Waals surface area contributed by atoms with Gasteiger partial charge in [-0.2, -0.15) is 0 Å². The molecule has 0 amide bonds. The van der Waals surface area contributed by atoms with Crippen molar-refractivity contribution < 1.29 is 61.9 Å². The van der Waals surface area contributed by atoms with E-state index in [1.807, 2.05) is 0 Å². The van der Waals surface area contributed by atoms with Crippen LogP contribution in [0.25, 0.3) is 5.70 Å². The van der Waals surface area contributed by atoms with Gasteiger partial charge in [0.1, 0.15) is 17.7 Å². The molecule has 1 aromatic rings. The summed E-state index contributed by atoms with van der Waals surface area (Å²) in [7, 11) is 0. The fourth-order valence-corrected chi connectivity index (χ4v) is 5.56. The molecule has 16 heteroatoms. The Bertz CT molecular complexity index is 1390. The van der Waals surface area contributed by atoms with Gasteiger partial charge >= 0.3 is 35.8 Å². The Morgan fingerprint density at radius 3 is 1.76 bits per heavy atom. The molecule has 3 rings (SSSR count). The topological polar surface area (TPSA) is 170 Å². The van der Waals surface area contributed by atoms with E-state index in [9.17, 15) is 28.8 Å². The summed E-state index contributed by atoms with van der Waals surface area (Å²) in [5.74, 6) is -5.36. The maximum absolute atomic E-state index is 13.6. The molecular weight excluding hydrogens is 650 g/mol. The lowest BCUT2D eigenvalue weighted by Crippen LogP contribution is -2.67. The number of nitrogens with zero attached hydrogens (tertiary/aromatic N) is 1. The van der Waals surface area contributed by atoms with Gasteiger partial charge in [-0.1, -0.05) is 36.0 Å². The number of carbonyl (C=O) groups excluding carboxylic acids is 6. The second kappa shape index (κ2) is 15.5. The first-order valence-corrected chi connectivity index (χ1v) is 14.9. The van der Waals surface area contributed by atoms with Crippen LogP contribution in [0.2, 0.25) is 5.02 Å². The monoisotopic (exact) mass is 683 g/mol. The van der Waals surface area contributed by atoms with E-state index in [-0.39, 0.29) is 18.9 Å². The van der Waals surface area contributed by atoms with Crippen molar-refractivity contribution in [1.82, 2.24) is 4.90 Å². The molecule has 1 aromatic carbocycles. The summed E-state index contributed by atoms with van der Waals surface area (Å²) in [6, 6.07) is 6.23. The van der Waals surface area contributed by atoms with Crippen molar-refractivity contribution in [3.8, 4) is 0 Å². The summed E-state index contributed by atoms with van der Waals surface area (Å²) in [4.78, 5) is 76.9. The zero-order valence-electron chi connectivity index (χ0n) is 25.9. The lowest BCUT2D eigenvalue weighted by molar-refractivity contribution is -0.266. The number of ether oxygens (including phenoxy) is 7. The summed E-state index contributed by atoms with van der Waals surface area (Å²) < 4.78 is 38.7. The number of esters is 6. The van der Waals surface area contributed by atoms with Crippen molar-refractivity contribution in [2.45, 2.75) is 72.2 Å². The highest BCUT2D eigenvalue weighted by Crippen LogP contribution is 2.45. The minimum absolute atomic E-state index is 0.101. The van der Waals surface area contributed by atoms with E-state index >= 15 is 0 Å². The smallest absolute Gasteiger partial charge is 0.334 e. The molecule has 2 aliphatic rings. The quantitative estimate of drug-likeness (QED) is 0.144. The van der Waals surface area contributed by atoms with Gasteiger partial charge in [0.2, 0.25) is 5.41 Å². The molecule has 0 aliphatic carbocycles. The Labute approximate surface area is 275 Å². The normalized spacial score (nSPS) is 23.5. The van der Waals surface area contributed by atoms with Gasteiger partial charge in [0, 0.05) is 38.4 Å². The zero-order chi connectivity index (χ0) is 34.3. The Morgan fingerprint density at radius 1 is 0.783 bits per heavy atom. The van der Waals surface area contributed by atoms with E-state index in [0.717, 1.165) is 27.7 Å². The highest BCUT2D eigenvalue weighted by Gasteiger charge is 2.63. The van der Waals surface area contributed by atoms with Crippen molar-refractivity contribution in [1.29, 1.82) is 0 Å². The van der Waals surface area contributed by atoms with Crippen molar-refractivity contribution in [3.05, 3.63) is 40.9 Å². The fourth-order valence-electron chi connectivity index (χ4n) is 5.01. The van der Waals surface area contributed by atoms with Crippen molar-refractivity contribution >= 4 is 70.3 Å². The van der Waals surface area contributed by atoms with Gasteiger partial charge in [-0.25, -0.2) is 0 Å². The molecule has 0 unspecified atom stereocenters. The SMILES string of the molecule is CCOC(=O)C1(C(=O)OCC)C=C(c2ccc(Cl)cc2)N([C@@H]2O[C@H](COC(C)=O)[C@@H](OC(C)=O)[C@H](OC(C)=O)[C@H]2OC(C)=O)C1=S. The summed E-state index contributed by atoms with van der Waals surface area (Å²) >= 11 is 12.0. The van der Waals surface area contributed by atoms with Crippen molar-refractivity contribution in [2.75, 3.05) is 19.8 Å². The molecule has 0 saturated carbocycles. The summed E-state index contributed by atoms with van der Waals surface area (Å²) in [6.07, 6.45) is -6.31. The van der Waals surface area contributed by atoms with Crippen LogP contribution in [-0.4, -0.2) is 96.2 Å². The average Bonchev–Trinajstić information content (AvgIpc) is 3.27. The number of hydrogen-bond donors (Lipinski definition) is 0. The highest BCUT2D eigenvalue weighted by atomic mass is 35.5. The zero-order valence-corrected chi connectivity index (χ0v) is 27.5. The van der Waals surface area contributed by atoms with Crippen LogP contribution in [0.3, 0.4) is 0 Å². The first kappa shape index (κ1) is 36.4. The number of hydrogen-bond acceptors (Lipinski definition) is 14. The van der Waals surface area contributed by atoms with Crippen LogP contribution in [-0.2, 0) is 61.9 Å². The molecule has 1 saturated heterocycles. The maximum Gasteiger partial charge on any atom is 0.334 e. The third-order valence-corrected chi connectivity index (χ3v) is 7.50. The lowest BCUT2D eigenvalue weighted by atomic mass is 9.88. The molecule has 0 radical (unpaired) electrons. The molecule has 0 bridgehead atoms. The Balaban J connectivity index is 2.34. The van der Waals surface area contributed by atoms with Gasteiger partial charge in [0.15, 0.2) is 24.5 Å². The molecule has 5 atom stereocenters. The van der Waals surface area contributed by atoms with E-state index in [0.29, 0.717) is 10.6 Å². The lowest BCUT2D eigenvalue weighted by Gasteiger charge is -2.48. The largest absolute Gasteiger partial charge is 0.465 e. The molecule has 1 fully saturated rings. The molecule has 14 nitrogen and oxygen atoms in total. The van der Waals surface area contributed by atoms with Crippen LogP contribution >= 0.6 is 23.8 Å². The van der Waals surface area contributed by atoms with E-state index in [4.69, 9.17) is 57.0 Å². The molecule has 0 spiro atoms. The van der Waals surface area contributed by atoms with Gasteiger partial charge in [0.25, 0.3) is 0 Å². The average molecular weight is 684 g/mol. The predicted octanol–water partition coefficient (Wildman–Crippen LogP) is 2.52. The summed E-state index contributed by atoms with van der Waals surface area (Å²) in [5.41, 5.74) is -1.85. The van der Waals surface area contributed by atoms with Gasteiger partial charge < -0.3 is 38.1 Å². The first-order valence-electron chi connectivity index (χ1n) is 14.1. The Morgan fingerprint density at radius 2 is 1.28 bits per heavy atom. The number of halogens is 1. The molecule has 2 aliphatic heterocycles. The van der Waals surface area contributed by atoms with Gasteiger partial charge in [-0.15, -0.1) is 0 Å². The third-order valence-electron chi connectivity index (χ3n) is 6.72. The van der Waals surface area contributed by atoms with Crippen LogP contribution in [0.1, 0.15) is 47.1 Å². The number of thiocarbonyl (C=S) groups is 1. The van der Waals surface area contributed by atoms with Crippen LogP contribution < -0.4 is 0 Å². The highest BCUT2D eigenvalue weighted by molar-refractivity contribution is 7.80.